The highest BCUT2D eigenvalue weighted by Crippen LogP contribution is 2.40. The average Bonchev–Trinajstić information content (AvgIpc) is 2.77. The zero-order chi connectivity index (χ0) is 23.7. The topological polar surface area (TPSA) is 79.7 Å². The molecule has 7 nitrogen and oxygen atoms in total. The third kappa shape index (κ3) is 6.90. The molecule has 0 radical (unpaired) electrons. The van der Waals surface area contributed by atoms with E-state index in [2.05, 4.69) is 24.1 Å². The van der Waals surface area contributed by atoms with Crippen molar-refractivity contribution in [2.45, 2.75) is 19.3 Å². The number of ether oxygens (including phenoxy) is 2. The van der Waals surface area contributed by atoms with E-state index in [0.29, 0.717) is 46.4 Å². The van der Waals surface area contributed by atoms with Crippen LogP contribution in [-0.2, 0) is 15.0 Å². The lowest BCUT2D eigenvalue weighted by atomic mass is 9.79. The van der Waals surface area contributed by atoms with E-state index in [1.165, 1.54) is 12.2 Å². The van der Waals surface area contributed by atoms with E-state index in [-0.39, 0.29) is 0 Å². The number of nitrogens with one attached hydrogen (secondary N) is 2. The third-order valence-electron chi connectivity index (χ3n) is 4.80. The maximum atomic E-state index is 7.15. The largest absolute Gasteiger partial charge is 0.489 e. The Morgan fingerprint density at radius 1 is 1.22 bits per heavy atom. The Labute approximate surface area is 203 Å². The van der Waals surface area contributed by atoms with Gasteiger partial charge in [0.25, 0.3) is 0 Å². The van der Waals surface area contributed by atoms with Crippen LogP contribution in [0.15, 0.2) is 42.4 Å². The van der Waals surface area contributed by atoms with E-state index in [4.69, 9.17) is 54.5 Å². The number of benzene rings is 1. The normalized spacial score (nSPS) is 11.8. The van der Waals surface area contributed by atoms with Gasteiger partial charge >= 0.3 is 0 Å². The molecule has 0 aliphatic heterocycles. The van der Waals surface area contributed by atoms with Crippen LogP contribution in [0.25, 0.3) is 0 Å². The van der Waals surface area contributed by atoms with E-state index in [0.717, 1.165) is 17.5 Å². The Hall–Kier alpha value is -2.19. The van der Waals surface area contributed by atoms with Gasteiger partial charge in [-0.05, 0) is 29.3 Å². The lowest BCUT2D eigenvalue weighted by Gasteiger charge is -2.27. The third-order valence-corrected chi connectivity index (χ3v) is 5.51. The Morgan fingerprint density at radius 3 is 2.44 bits per heavy atom. The number of hydroxylamine groups is 2. The van der Waals surface area contributed by atoms with Crippen LogP contribution in [0.5, 0.6) is 5.75 Å². The predicted octanol–water partition coefficient (Wildman–Crippen LogP) is 5.70. The molecule has 2 aromatic rings. The van der Waals surface area contributed by atoms with Gasteiger partial charge in [-0.3, -0.25) is 15.3 Å². The molecule has 0 unspecified atom stereocenters. The van der Waals surface area contributed by atoms with Crippen molar-refractivity contribution in [3.63, 3.8) is 0 Å². The molecule has 32 heavy (non-hydrogen) atoms. The summed E-state index contributed by atoms with van der Waals surface area (Å²) in [7, 11) is 3.26. The van der Waals surface area contributed by atoms with Crippen molar-refractivity contribution >= 4 is 47.0 Å². The molecule has 0 saturated carbocycles. The van der Waals surface area contributed by atoms with E-state index < -0.39 is 5.41 Å². The van der Waals surface area contributed by atoms with Crippen LogP contribution in [0.2, 0.25) is 10.0 Å². The summed E-state index contributed by atoms with van der Waals surface area (Å²) in [5, 5.41) is 12.7. The van der Waals surface area contributed by atoms with Gasteiger partial charge in [0.05, 0.1) is 35.8 Å². The first-order valence-corrected chi connectivity index (χ1v) is 11.0. The first-order valence-electron chi connectivity index (χ1n) is 9.74. The standard InChI is InChI=1S/C22H27Cl3N4O3/c1-22(2,16-9-18(24)21(19(25)10-16)31-8-7-23)15-5-6-20(27-11-15)28-12-17(32-14-26)13-29(3)30-4/h5-6,9-11,13-14,26H,7-8,12H2,1-4H3,(H,27,28)/b17-13+,26-14?. The summed E-state index contributed by atoms with van der Waals surface area (Å²) in [6.45, 7) is 4.79. The summed E-state index contributed by atoms with van der Waals surface area (Å²) >= 11 is 18.5. The van der Waals surface area contributed by atoms with Crippen molar-refractivity contribution < 1.29 is 14.3 Å². The summed E-state index contributed by atoms with van der Waals surface area (Å²) in [6.07, 6.45) is 4.28. The lowest BCUT2D eigenvalue weighted by molar-refractivity contribution is -0.0668. The number of alkyl halides is 1. The molecule has 0 fully saturated rings. The SMILES string of the molecule is CON(C)/C=C(\CNc1ccc(C(C)(C)c2cc(Cl)c(OCCCl)c(Cl)c2)cn1)OC=N. The smallest absolute Gasteiger partial charge is 0.173 e. The predicted molar refractivity (Wildman–Crippen MR) is 130 cm³/mol. The molecule has 0 bridgehead atoms. The van der Waals surface area contributed by atoms with Crippen molar-refractivity contribution in [1.29, 1.82) is 5.41 Å². The second-order valence-electron chi connectivity index (χ2n) is 7.28. The first-order chi connectivity index (χ1) is 15.2. The van der Waals surface area contributed by atoms with Gasteiger partial charge < -0.3 is 14.8 Å². The summed E-state index contributed by atoms with van der Waals surface area (Å²) < 4.78 is 10.7. The van der Waals surface area contributed by atoms with Crippen molar-refractivity contribution in [2.24, 2.45) is 0 Å². The van der Waals surface area contributed by atoms with Crippen LogP contribution in [0.4, 0.5) is 5.82 Å². The summed E-state index contributed by atoms with van der Waals surface area (Å²) in [6, 6.07) is 7.56. The first kappa shape index (κ1) is 26.1. The Kier molecular flexibility index (Phi) is 9.90. The van der Waals surface area contributed by atoms with Crippen LogP contribution in [0.3, 0.4) is 0 Å². The fraction of sp³-hybridized carbons (Fsp3) is 0.364. The zero-order valence-corrected chi connectivity index (χ0v) is 20.7. The number of hydrogen-bond donors (Lipinski definition) is 2. The monoisotopic (exact) mass is 500 g/mol. The van der Waals surface area contributed by atoms with Crippen LogP contribution >= 0.6 is 34.8 Å². The molecule has 1 aromatic heterocycles. The highest BCUT2D eigenvalue weighted by molar-refractivity contribution is 6.37. The van der Waals surface area contributed by atoms with Gasteiger partial charge in [-0.15, -0.1) is 11.6 Å². The molecule has 0 amide bonds. The van der Waals surface area contributed by atoms with Crippen LogP contribution in [-0.4, -0.2) is 49.6 Å². The van der Waals surface area contributed by atoms with Crippen molar-refractivity contribution in [2.75, 3.05) is 38.5 Å². The molecule has 2 N–H and O–H groups in total. The number of anilines is 1. The van der Waals surface area contributed by atoms with Crippen molar-refractivity contribution in [3.05, 3.63) is 63.6 Å². The van der Waals surface area contributed by atoms with Crippen LogP contribution in [0, 0.1) is 5.41 Å². The summed E-state index contributed by atoms with van der Waals surface area (Å²) in [4.78, 5) is 9.55. The van der Waals surface area contributed by atoms with E-state index in [1.807, 2.05) is 24.3 Å². The van der Waals surface area contributed by atoms with Gasteiger partial charge in [-0.25, -0.2) is 4.98 Å². The Balaban J connectivity index is 2.17. The van der Waals surface area contributed by atoms with Crippen molar-refractivity contribution in [1.82, 2.24) is 10.0 Å². The highest BCUT2D eigenvalue weighted by atomic mass is 35.5. The molecule has 2 rings (SSSR count). The minimum atomic E-state index is -0.403. The van der Waals surface area contributed by atoms with Gasteiger partial charge in [0.1, 0.15) is 18.2 Å². The molecule has 0 aliphatic carbocycles. The summed E-state index contributed by atoms with van der Waals surface area (Å²) in [5.74, 6) is 1.93. The zero-order valence-electron chi connectivity index (χ0n) is 18.4. The van der Waals surface area contributed by atoms with Gasteiger partial charge in [0, 0.05) is 18.7 Å². The van der Waals surface area contributed by atoms with Crippen LogP contribution < -0.4 is 10.1 Å². The molecule has 0 spiro atoms. The minimum absolute atomic E-state index is 0.325. The number of pyridine rings is 1. The second kappa shape index (κ2) is 12.2. The minimum Gasteiger partial charge on any atom is -0.489 e. The van der Waals surface area contributed by atoms with E-state index in [9.17, 15) is 0 Å². The maximum absolute atomic E-state index is 7.15. The van der Waals surface area contributed by atoms with Gasteiger partial charge in [-0.1, -0.05) is 43.1 Å². The van der Waals surface area contributed by atoms with Gasteiger partial charge in [-0.2, -0.15) is 0 Å². The summed E-state index contributed by atoms with van der Waals surface area (Å²) in [5.41, 5.74) is 1.51. The molecule has 0 saturated heterocycles. The number of nitrogens with zero attached hydrogens (tertiary/aromatic N) is 2. The Bertz CT molecular complexity index is 914. The molecule has 1 heterocycles. The molecular weight excluding hydrogens is 475 g/mol. The molecule has 0 atom stereocenters. The molecule has 0 aliphatic rings. The average molecular weight is 502 g/mol. The van der Waals surface area contributed by atoms with E-state index >= 15 is 0 Å². The number of rotatable bonds is 12. The maximum Gasteiger partial charge on any atom is 0.173 e. The van der Waals surface area contributed by atoms with E-state index in [1.54, 1.807) is 19.4 Å². The number of hydrogen-bond acceptors (Lipinski definition) is 7. The number of halogens is 3. The lowest BCUT2D eigenvalue weighted by Crippen LogP contribution is -2.20. The van der Waals surface area contributed by atoms with Gasteiger partial charge in [0.15, 0.2) is 12.2 Å². The fourth-order valence-corrected chi connectivity index (χ4v) is 3.53. The fourth-order valence-electron chi connectivity index (χ4n) is 2.86. The molecular formula is C22H27Cl3N4O3. The highest BCUT2D eigenvalue weighted by Gasteiger charge is 2.26. The molecule has 174 valence electrons. The molecule has 1 aromatic carbocycles. The van der Waals surface area contributed by atoms with Gasteiger partial charge in [0.2, 0.25) is 0 Å². The van der Waals surface area contributed by atoms with Crippen LogP contribution in [0.1, 0.15) is 25.0 Å². The van der Waals surface area contributed by atoms with Crippen molar-refractivity contribution in [3.8, 4) is 5.75 Å². The Morgan fingerprint density at radius 2 is 1.91 bits per heavy atom. The quantitative estimate of drug-likeness (QED) is 0.128. The molecule has 10 heteroatoms. The second-order valence-corrected chi connectivity index (χ2v) is 8.47. The number of aromatic nitrogens is 1.